The largest absolute Gasteiger partial charge is 0.497 e. The minimum Gasteiger partial charge on any atom is -0.497 e. The molecule has 22 heavy (non-hydrogen) atoms. The summed E-state index contributed by atoms with van der Waals surface area (Å²) in [6.07, 6.45) is 0. The fourth-order valence-electron chi connectivity index (χ4n) is 2.11. The zero-order valence-electron chi connectivity index (χ0n) is 12.8. The van der Waals surface area contributed by atoms with Crippen LogP contribution in [0, 0.1) is 5.82 Å². The van der Waals surface area contributed by atoms with E-state index in [-0.39, 0.29) is 18.3 Å². The van der Waals surface area contributed by atoms with Crippen LogP contribution in [0.4, 0.5) is 4.39 Å². The van der Waals surface area contributed by atoms with Gasteiger partial charge >= 0.3 is 0 Å². The van der Waals surface area contributed by atoms with Gasteiger partial charge in [0, 0.05) is 30.8 Å². The number of nitrogens with zero attached hydrogens (tertiary/aromatic N) is 1. The van der Waals surface area contributed by atoms with Crippen molar-refractivity contribution in [2.45, 2.75) is 6.54 Å². The molecule has 0 saturated carbocycles. The molecule has 0 aliphatic heterocycles. The van der Waals surface area contributed by atoms with Gasteiger partial charge in [0.25, 0.3) is 5.91 Å². The molecule has 0 aliphatic rings. The van der Waals surface area contributed by atoms with Crippen LogP contribution >= 0.6 is 0 Å². The number of benzene rings is 2. The van der Waals surface area contributed by atoms with Gasteiger partial charge in [-0.2, -0.15) is 0 Å². The number of hydrogen-bond acceptors (Lipinski definition) is 3. The van der Waals surface area contributed by atoms with Crippen molar-refractivity contribution in [3.63, 3.8) is 0 Å². The monoisotopic (exact) mass is 303 g/mol. The van der Waals surface area contributed by atoms with Crippen molar-refractivity contribution in [3.8, 4) is 11.5 Å². The van der Waals surface area contributed by atoms with Gasteiger partial charge in [0.1, 0.15) is 17.3 Å². The van der Waals surface area contributed by atoms with Crippen molar-refractivity contribution in [1.82, 2.24) is 4.90 Å². The Morgan fingerprint density at radius 2 is 1.68 bits per heavy atom. The van der Waals surface area contributed by atoms with Crippen LogP contribution in [-0.2, 0) is 6.54 Å². The lowest BCUT2D eigenvalue weighted by atomic mass is 10.1. The molecule has 0 unspecified atom stereocenters. The van der Waals surface area contributed by atoms with Crippen molar-refractivity contribution >= 4 is 5.91 Å². The van der Waals surface area contributed by atoms with Crippen LogP contribution in [0.1, 0.15) is 15.9 Å². The molecule has 2 rings (SSSR count). The summed E-state index contributed by atoms with van der Waals surface area (Å²) in [6, 6.07) is 11.3. The zero-order chi connectivity index (χ0) is 16.1. The highest BCUT2D eigenvalue weighted by atomic mass is 19.1. The first kappa shape index (κ1) is 15.8. The number of rotatable bonds is 5. The van der Waals surface area contributed by atoms with Gasteiger partial charge in [-0.15, -0.1) is 0 Å². The van der Waals surface area contributed by atoms with Crippen LogP contribution in [0.3, 0.4) is 0 Å². The summed E-state index contributed by atoms with van der Waals surface area (Å²) < 4.78 is 24.0. The first-order valence-corrected chi connectivity index (χ1v) is 6.77. The lowest BCUT2D eigenvalue weighted by molar-refractivity contribution is 0.0783. The molecule has 116 valence electrons. The van der Waals surface area contributed by atoms with Gasteiger partial charge in [0.2, 0.25) is 0 Å². The van der Waals surface area contributed by atoms with Crippen LogP contribution in [0.2, 0.25) is 0 Å². The van der Waals surface area contributed by atoms with Crippen LogP contribution < -0.4 is 9.47 Å². The third kappa shape index (κ3) is 3.55. The summed E-state index contributed by atoms with van der Waals surface area (Å²) in [4.78, 5) is 13.9. The molecule has 0 atom stereocenters. The van der Waals surface area contributed by atoms with Crippen molar-refractivity contribution in [1.29, 1.82) is 0 Å². The average Bonchev–Trinajstić information content (AvgIpc) is 2.55. The Morgan fingerprint density at radius 3 is 2.23 bits per heavy atom. The average molecular weight is 303 g/mol. The van der Waals surface area contributed by atoms with E-state index in [9.17, 15) is 9.18 Å². The lowest BCUT2D eigenvalue weighted by Crippen LogP contribution is -2.26. The number of ether oxygens (including phenoxy) is 2. The van der Waals surface area contributed by atoms with Gasteiger partial charge < -0.3 is 14.4 Å². The normalized spacial score (nSPS) is 10.2. The molecule has 0 bridgehead atoms. The van der Waals surface area contributed by atoms with E-state index in [0.717, 1.165) is 0 Å². The van der Waals surface area contributed by atoms with E-state index in [1.807, 2.05) is 0 Å². The number of halogens is 1. The van der Waals surface area contributed by atoms with Crippen molar-refractivity contribution in [3.05, 3.63) is 59.4 Å². The van der Waals surface area contributed by atoms with Crippen LogP contribution in [0.5, 0.6) is 11.5 Å². The summed E-state index contributed by atoms with van der Waals surface area (Å²) in [5, 5.41) is 0. The molecule has 0 aromatic heterocycles. The first-order valence-electron chi connectivity index (χ1n) is 6.77. The third-order valence-electron chi connectivity index (χ3n) is 3.31. The number of hydrogen-bond donors (Lipinski definition) is 0. The smallest absolute Gasteiger partial charge is 0.254 e. The minimum atomic E-state index is -0.328. The fourth-order valence-corrected chi connectivity index (χ4v) is 2.11. The van der Waals surface area contributed by atoms with E-state index in [0.29, 0.717) is 22.6 Å². The van der Waals surface area contributed by atoms with Crippen LogP contribution in [0.15, 0.2) is 42.5 Å². The molecule has 2 aromatic carbocycles. The maximum Gasteiger partial charge on any atom is 0.254 e. The van der Waals surface area contributed by atoms with Gasteiger partial charge in [-0.1, -0.05) is 18.2 Å². The van der Waals surface area contributed by atoms with E-state index >= 15 is 0 Å². The fraction of sp³-hybridized carbons (Fsp3) is 0.235. The molecule has 0 aliphatic carbocycles. The molecule has 5 heteroatoms. The number of amides is 1. The number of carbonyl (C=O) groups is 1. The van der Waals surface area contributed by atoms with Crippen molar-refractivity contribution in [2.24, 2.45) is 0 Å². The van der Waals surface area contributed by atoms with Crippen molar-refractivity contribution < 1.29 is 18.7 Å². The van der Waals surface area contributed by atoms with Gasteiger partial charge in [-0.3, -0.25) is 4.79 Å². The van der Waals surface area contributed by atoms with Crippen molar-refractivity contribution in [2.75, 3.05) is 21.3 Å². The molecule has 1 amide bonds. The van der Waals surface area contributed by atoms with E-state index < -0.39 is 0 Å². The predicted molar refractivity (Wildman–Crippen MR) is 81.7 cm³/mol. The summed E-state index contributed by atoms with van der Waals surface area (Å²) >= 11 is 0. The van der Waals surface area contributed by atoms with E-state index in [2.05, 4.69) is 0 Å². The summed E-state index contributed by atoms with van der Waals surface area (Å²) in [5.41, 5.74) is 0.892. The highest BCUT2D eigenvalue weighted by Crippen LogP contribution is 2.23. The number of carbonyl (C=O) groups excluding carboxylic acids is 1. The van der Waals surface area contributed by atoms with E-state index in [1.54, 1.807) is 43.4 Å². The zero-order valence-corrected chi connectivity index (χ0v) is 12.8. The summed E-state index contributed by atoms with van der Waals surface area (Å²) in [5.74, 6) is 0.495. The highest BCUT2D eigenvalue weighted by molar-refractivity contribution is 5.94. The molecule has 0 N–H and O–H groups in total. The Balaban J connectivity index is 2.22. The van der Waals surface area contributed by atoms with Crippen LogP contribution in [0.25, 0.3) is 0 Å². The van der Waals surface area contributed by atoms with Gasteiger partial charge in [-0.05, 0) is 18.2 Å². The Morgan fingerprint density at radius 1 is 1.09 bits per heavy atom. The molecule has 2 aromatic rings. The predicted octanol–water partition coefficient (Wildman–Crippen LogP) is 3.12. The molecule has 0 saturated heterocycles. The standard InChI is InChI=1S/C17H18FNO3/c1-19(11-12-6-4-5-7-16(12)18)17(20)13-8-14(21-2)10-15(9-13)22-3/h4-10H,11H2,1-3H3. The minimum absolute atomic E-state index is 0.186. The Bertz CT molecular complexity index is 650. The third-order valence-corrected chi connectivity index (χ3v) is 3.31. The summed E-state index contributed by atoms with van der Waals surface area (Å²) in [7, 11) is 4.67. The number of methoxy groups -OCH3 is 2. The molecule has 0 heterocycles. The van der Waals surface area contributed by atoms with Crippen LogP contribution in [-0.4, -0.2) is 32.1 Å². The topological polar surface area (TPSA) is 38.8 Å². The Kier molecular flexibility index (Phi) is 4.99. The maximum absolute atomic E-state index is 13.7. The Labute approximate surface area is 129 Å². The second-order valence-corrected chi connectivity index (χ2v) is 4.85. The van der Waals surface area contributed by atoms with Gasteiger partial charge in [0.05, 0.1) is 14.2 Å². The molecular formula is C17H18FNO3. The molecule has 0 fully saturated rings. The highest BCUT2D eigenvalue weighted by Gasteiger charge is 2.16. The maximum atomic E-state index is 13.7. The molecule has 4 nitrogen and oxygen atoms in total. The molecule has 0 radical (unpaired) electrons. The molecular weight excluding hydrogens is 285 g/mol. The second kappa shape index (κ2) is 6.93. The lowest BCUT2D eigenvalue weighted by Gasteiger charge is -2.18. The molecule has 0 spiro atoms. The first-order chi connectivity index (χ1) is 10.5. The quantitative estimate of drug-likeness (QED) is 0.852. The second-order valence-electron chi connectivity index (χ2n) is 4.85. The van der Waals surface area contributed by atoms with E-state index in [1.165, 1.54) is 25.2 Å². The Hall–Kier alpha value is -2.56. The summed E-state index contributed by atoms with van der Waals surface area (Å²) in [6.45, 7) is 0.186. The SMILES string of the molecule is COc1cc(OC)cc(C(=O)N(C)Cc2ccccc2F)c1. The van der Waals surface area contributed by atoms with E-state index in [4.69, 9.17) is 9.47 Å². The van der Waals surface area contributed by atoms with Gasteiger partial charge in [0.15, 0.2) is 0 Å². The van der Waals surface area contributed by atoms with Gasteiger partial charge in [-0.25, -0.2) is 4.39 Å².